The Balaban J connectivity index is 1.59. The SMILES string of the molecule is Cc1cccn2c(C)c(/C(O)=C3\C(=O)C(=O)N(CCN4CCOCC4)C3c3ccccc3)nc12. The Bertz CT molecular complexity index is 1270. The lowest BCUT2D eigenvalue weighted by Crippen LogP contribution is -2.42. The number of benzene rings is 1. The van der Waals surface area contributed by atoms with E-state index < -0.39 is 17.7 Å². The van der Waals surface area contributed by atoms with Crippen molar-refractivity contribution in [2.75, 3.05) is 39.4 Å². The van der Waals surface area contributed by atoms with Gasteiger partial charge in [-0.1, -0.05) is 36.4 Å². The van der Waals surface area contributed by atoms with E-state index in [2.05, 4.69) is 9.88 Å². The smallest absolute Gasteiger partial charge is 0.295 e. The highest BCUT2D eigenvalue weighted by Gasteiger charge is 2.46. The molecule has 2 fully saturated rings. The van der Waals surface area contributed by atoms with Crippen LogP contribution in [0.3, 0.4) is 0 Å². The number of aryl methyl sites for hydroxylation is 2. The van der Waals surface area contributed by atoms with Crippen LogP contribution in [0.2, 0.25) is 0 Å². The van der Waals surface area contributed by atoms with Crippen LogP contribution in [0, 0.1) is 13.8 Å². The first-order valence-electron chi connectivity index (χ1n) is 11.6. The number of rotatable bonds is 5. The maximum atomic E-state index is 13.3. The lowest BCUT2D eigenvalue weighted by atomic mass is 9.96. The van der Waals surface area contributed by atoms with E-state index in [0.29, 0.717) is 43.3 Å². The summed E-state index contributed by atoms with van der Waals surface area (Å²) in [6.07, 6.45) is 1.87. The molecule has 5 rings (SSSR count). The monoisotopic (exact) mass is 460 g/mol. The zero-order chi connectivity index (χ0) is 23.8. The van der Waals surface area contributed by atoms with Gasteiger partial charge in [0.1, 0.15) is 11.3 Å². The second kappa shape index (κ2) is 9.04. The molecule has 1 atom stereocenters. The molecule has 1 aromatic carbocycles. The fourth-order valence-electron chi connectivity index (χ4n) is 4.84. The number of carbonyl (C=O) groups is 2. The number of likely N-dealkylation sites (tertiary alicyclic amines) is 1. The number of aliphatic hydroxyl groups excluding tert-OH is 1. The standard InChI is InChI=1S/C26H28N4O4/c1-17-7-6-10-29-18(2)21(27-25(17)29)23(31)20-22(19-8-4-3-5-9-19)30(26(33)24(20)32)12-11-28-13-15-34-16-14-28/h3-10,22,31H,11-16H2,1-2H3/b23-20+. The summed E-state index contributed by atoms with van der Waals surface area (Å²) in [6, 6.07) is 12.6. The van der Waals surface area contributed by atoms with Crippen LogP contribution in [0.5, 0.6) is 0 Å². The topological polar surface area (TPSA) is 87.4 Å². The first-order chi connectivity index (χ1) is 16.5. The molecule has 2 aliphatic heterocycles. The van der Waals surface area contributed by atoms with Gasteiger partial charge in [0, 0.05) is 32.4 Å². The normalized spacial score (nSPS) is 21.0. The highest BCUT2D eigenvalue weighted by atomic mass is 16.5. The first kappa shape index (κ1) is 22.3. The van der Waals surface area contributed by atoms with E-state index in [1.165, 1.54) is 0 Å². The molecular formula is C26H28N4O4. The third-order valence-corrected chi connectivity index (χ3v) is 6.72. The van der Waals surface area contributed by atoms with Crippen LogP contribution in [0.15, 0.2) is 54.2 Å². The molecule has 0 saturated carbocycles. The molecule has 0 radical (unpaired) electrons. The van der Waals surface area contributed by atoms with Crippen molar-refractivity contribution >= 4 is 23.1 Å². The number of carbonyl (C=O) groups excluding carboxylic acids is 2. The van der Waals surface area contributed by atoms with Crippen LogP contribution < -0.4 is 0 Å². The summed E-state index contributed by atoms with van der Waals surface area (Å²) in [4.78, 5) is 34.9. The summed E-state index contributed by atoms with van der Waals surface area (Å²) < 4.78 is 7.30. The predicted octanol–water partition coefficient (Wildman–Crippen LogP) is 2.71. The summed E-state index contributed by atoms with van der Waals surface area (Å²) in [7, 11) is 0. The van der Waals surface area contributed by atoms with Gasteiger partial charge >= 0.3 is 0 Å². The highest BCUT2D eigenvalue weighted by molar-refractivity contribution is 6.46. The van der Waals surface area contributed by atoms with E-state index in [9.17, 15) is 14.7 Å². The van der Waals surface area contributed by atoms with Crippen molar-refractivity contribution in [3.8, 4) is 0 Å². The molecule has 0 spiro atoms. The van der Waals surface area contributed by atoms with E-state index in [-0.39, 0.29) is 11.3 Å². The zero-order valence-electron chi connectivity index (χ0n) is 19.4. The maximum absolute atomic E-state index is 13.3. The Morgan fingerprint density at radius 3 is 2.50 bits per heavy atom. The molecule has 2 saturated heterocycles. The summed E-state index contributed by atoms with van der Waals surface area (Å²) in [5, 5.41) is 11.4. The van der Waals surface area contributed by atoms with Crippen LogP contribution in [0.25, 0.3) is 11.4 Å². The molecule has 2 aromatic heterocycles. The summed E-state index contributed by atoms with van der Waals surface area (Å²) in [5.41, 5.74) is 3.56. The summed E-state index contributed by atoms with van der Waals surface area (Å²) in [6.45, 7) is 7.71. The van der Waals surface area contributed by atoms with E-state index in [0.717, 1.165) is 24.2 Å². The number of hydrogen-bond donors (Lipinski definition) is 1. The average Bonchev–Trinajstić information content (AvgIpc) is 3.33. The van der Waals surface area contributed by atoms with Crippen molar-refractivity contribution in [2.24, 2.45) is 0 Å². The zero-order valence-corrected chi connectivity index (χ0v) is 19.4. The number of pyridine rings is 1. The number of nitrogens with zero attached hydrogens (tertiary/aromatic N) is 4. The number of morpholine rings is 1. The van der Waals surface area contributed by atoms with Crippen molar-refractivity contribution in [2.45, 2.75) is 19.9 Å². The van der Waals surface area contributed by atoms with Crippen molar-refractivity contribution in [1.82, 2.24) is 19.2 Å². The van der Waals surface area contributed by atoms with Crippen LogP contribution in [-0.2, 0) is 14.3 Å². The number of hydrogen-bond acceptors (Lipinski definition) is 6. The van der Waals surface area contributed by atoms with Crippen molar-refractivity contribution in [3.63, 3.8) is 0 Å². The van der Waals surface area contributed by atoms with Gasteiger partial charge in [-0.15, -0.1) is 0 Å². The number of ether oxygens (including phenoxy) is 1. The second-order valence-corrected chi connectivity index (χ2v) is 8.79. The van der Waals surface area contributed by atoms with Gasteiger partial charge in [-0.2, -0.15) is 0 Å². The Morgan fingerprint density at radius 2 is 1.79 bits per heavy atom. The lowest BCUT2D eigenvalue weighted by molar-refractivity contribution is -0.140. The molecule has 1 unspecified atom stereocenters. The van der Waals surface area contributed by atoms with Gasteiger partial charge in [-0.05, 0) is 31.0 Å². The Morgan fingerprint density at radius 1 is 1.06 bits per heavy atom. The third-order valence-electron chi connectivity index (χ3n) is 6.72. The number of aliphatic hydroxyl groups is 1. The minimum Gasteiger partial charge on any atom is -0.505 e. The average molecular weight is 461 g/mol. The molecule has 4 heterocycles. The maximum Gasteiger partial charge on any atom is 0.295 e. The predicted molar refractivity (Wildman–Crippen MR) is 127 cm³/mol. The molecule has 176 valence electrons. The van der Waals surface area contributed by atoms with Gasteiger partial charge in [0.25, 0.3) is 11.7 Å². The van der Waals surface area contributed by atoms with Crippen LogP contribution in [0.1, 0.15) is 28.6 Å². The number of fused-ring (bicyclic) bond motifs is 1. The minimum atomic E-state index is -0.679. The Labute approximate surface area is 198 Å². The van der Waals surface area contributed by atoms with Crippen LogP contribution in [-0.4, -0.2) is 75.4 Å². The largest absolute Gasteiger partial charge is 0.505 e. The quantitative estimate of drug-likeness (QED) is 0.358. The fraction of sp³-hybridized carbons (Fsp3) is 0.346. The van der Waals surface area contributed by atoms with Gasteiger partial charge in [0.2, 0.25) is 0 Å². The molecule has 34 heavy (non-hydrogen) atoms. The molecule has 1 amide bonds. The van der Waals surface area contributed by atoms with E-state index >= 15 is 0 Å². The van der Waals surface area contributed by atoms with Gasteiger partial charge in [-0.3, -0.25) is 14.5 Å². The summed E-state index contributed by atoms with van der Waals surface area (Å²) in [5.74, 6) is -1.51. The Hall–Kier alpha value is -3.49. The van der Waals surface area contributed by atoms with Crippen LogP contribution >= 0.6 is 0 Å². The summed E-state index contributed by atoms with van der Waals surface area (Å²) >= 11 is 0. The van der Waals surface area contributed by atoms with Crippen LogP contribution in [0.4, 0.5) is 0 Å². The molecular weight excluding hydrogens is 432 g/mol. The molecule has 8 heteroatoms. The van der Waals surface area contributed by atoms with Gasteiger partial charge in [0.15, 0.2) is 5.76 Å². The molecule has 0 bridgehead atoms. The number of amides is 1. The van der Waals surface area contributed by atoms with E-state index in [4.69, 9.17) is 4.74 Å². The number of ketones is 1. The highest BCUT2D eigenvalue weighted by Crippen LogP contribution is 2.39. The first-order valence-corrected chi connectivity index (χ1v) is 11.6. The number of Topliss-reactive ketones (excluding diaryl/α,β-unsaturated/α-hetero) is 1. The molecule has 1 N–H and O–H groups in total. The molecule has 2 aliphatic rings. The van der Waals surface area contributed by atoms with E-state index in [1.807, 2.05) is 66.9 Å². The fourth-order valence-corrected chi connectivity index (χ4v) is 4.84. The van der Waals surface area contributed by atoms with Gasteiger partial charge in [-0.25, -0.2) is 4.98 Å². The Kier molecular flexibility index (Phi) is 5.93. The van der Waals surface area contributed by atoms with Gasteiger partial charge < -0.3 is 19.1 Å². The molecule has 3 aromatic rings. The van der Waals surface area contributed by atoms with Gasteiger partial charge in [0.05, 0.1) is 30.5 Å². The van der Waals surface area contributed by atoms with E-state index in [1.54, 1.807) is 4.90 Å². The van der Waals surface area contributed by atoms with Crippen molar-refractivity contribution in [3.05, 3.63) is 76.7 Å². The number of imidazole rings is 1. The third kappa shape index (κ3) is 3.78. The molecule has 8 nitrogen and oxygen atoms in total. The minimum absolute atomic E-state index is 0.0855. The second-order valence-electron chi connectivity index (χ2n) is 8.79. The lowest BCUT2D eigenvalue weighted by Gasteiger charge is -2.31. The molecule has 0 aliphatic carbocycles. The van der Waals surface area contributed by atoms with Crippen molar-refractivity contribution in [1.29, 1.82) is 0 Å². The van der Waals surface area contributed by atoms with Crippen molar-refractivity contribution < 1.29 is 19.4 Å². The number of aromatic nitrogens is 2.